The summed E-state index contributed by atoms with van der Waals surface area (Å²) in [7, 11) is 1.44. The van der Waals surface area contributed by atoms with E-state index in [1.54, 1.807) is 0 Å². The third kappa shape index (κ3) is 4.33. The number of methoxy groups -OCH3 is 1. The van der Waals surface area contributed by atoms with Gasteiger partial charge in [0.15, 0.2) is 6.61 Å². The first-order valence-electron chi connectivity index (χ1n) is 8.47. The van der Waals surface area contributed by atoms with Crippen LogP contribution in [0.2, 0.25) is 10.0 Å². The van der Waals surface area contributed by atoms with Crippen LogP contribution in [0.1, 0.15) is 12.0 Å². The average Bonchev–Trinajstić information content (AvgIpc) is 3.06. The van der Waals surface area contributed by atoms with Crippen molar-refractivity contribution >= 4 is 34.8 Å². The lowest BCUT2D eigenvalue weighted by Gasteiger charge is -2.32. The van der Waals surface area contributed by atoms with Crippen LogP contribution in [-0.4, -0.2) is 47.4 Å². The molecule has 0 fully saturated rings. The number of carbonyl (C=O) groups excluding carboxylic acids is 1. The third-order valence-corrected chi connectivity index (χ3v) is 4.87. The summed E-state index contributed by atoms with van der Waals surface area (Å²) >= 11 is 11.7. The number of amides is 1. The second-order valence-electron chi connectivity index (χ2n) is 6.34. The highest BCUT2D eigenvalue weighted by molar-refractivity contribution is 6.35. The molecule has 1 aliphatic heterocycles. The van der Waals surface area contributed by atoms with Crippen molar-refractivity contribution in [2.75, 3.05) is 13.7 Å². The van der Waals surface area contributed by atoms with Gasteiger partial charge in [-0.25, -0.2) is 0 Å². The molecule has 0 saturated carbocycles. The maximum absolute atomic E-state index is 13.6. The molecule has 3 rings (SSSR count). The summed E-state index contributed by atoms with van der Waals surface area (Å²) in [4.78, 5) is 12.5. The minimum Gasteiger partial charge on any atom is -0.497 e. The molecule has 0 bridgehead atoms. The number of ether oxygens (including phenoxy) is 2. The van der Waals surface area contributed by atoms with Gasteiger partial charge in [-0.2, -0.15) is 23.3 Å². The second kappa shape index (κ2) is 8.33. The number of hydrazone groups is 1. The fraction of sp³-hybridized carbons (Fsp3) is 0.263. The molecule has 0 spiro atoms. The predicted molar refractivity (Wildman–Crippen MR) is 104 cm³/mol. The molecule has 2 aromatic rings. The van der Waals surface area contributed by atoms with E-state index in [-0.39, 0.29) is 21.5 Å². The van der Waals surface area contributed by atoms with Crippen LogP contribution in [0.15, 0.2) is 47.6 Å². The summed E-state index contributed by atoms with van der Waals surface area (Å²) in [6, 6.07) is 10.2. The monoisotopic (exact) mass is 462 g/mol. The Hall–Kier alpha value is -2.49. The third-order valence-electron chi connectivity index (χ3n) is 4.34. The van der Waals surface area contributed by atoms with E-state index in [0.717, 1.165) is 0 Å². The molecule has 30 heavy (non-hydrogen) atoms. The molecule has 0 saturated heterocycles. The van der Waals surface area contributed by atoms with Crippen molar-refractivity contribution in [3.05, 3.63) is 58.1 Å². The number of nitrogens with zero attached hydrogens (tertiary/aromatic N) is 2. The number of hydrogen-bond acceptors (Lipinski definition) is 5. The molecular formula is C19H15Cl2F3N2O4. The molecule has 1 amide bonds. The highest BCUT2D eigenvalue weighted by Crippen LogP contribution is 2.41. The van der Waals surface area contributed by atoms with Gasteiger partial charge in [0, 0.05) is 5.02 Å². The van der Waals surface area contributed by atoms with E-state index in [2.05, 4.69) is 5.10 Å². The summed E-state index contributed by atoms with van der Waals surface area (Å²) in [6.07, 6.45) is -6.09. The Labute approximate surface area is 179 Å². The lowest BCUT2D eigenvalue weighted by Crippen LogP contribution is -2.57. The molecule has 0 aromatic heterocycles. The van der Waals surface area contributed by atoms with E-state index < -0.39 is 30.8 Å². The fourth-order valence-electron chi connectivity index (χ4n) is 2.77. The second-order valence-corrected chi connectivity index (χ2v) is 7.18. The molecule has 1 aliphatic rings. The van der Waals surface area contributed by atoms with Gasteiger partial charge in [-0.05, 0) is 48.0 Å². The van der Waals surface area contributed by atoms with E-state index in [9.17, 15) is 23.1 Å². The van der Waals surface area contributed by atoms with E-state index in [0.29, 0.717) is 16.3 Å². The lowest BCUT2D eigenvalue weighted by atomic mass is 10.0. The standard InChI is InChI=1S/C19H15Cl2F3N2O4/c1-29-13-5-2-11(3-6-13)15-9-18(28,19(22,23)24)26(25-15)17(27)10-30-16-7-4-12(20)8-14(16)21/h2-8,28H,9-10H2,1H3/t18-/m0/s1. The van der Waals surface area contributed by atoms with Crippen LogP contribution in [0.25, 0.3) is 0 Å². The van der Waals surface area contributed by atoms with Crippen LogP contribution in [-0.2, 0) is 4.79 Å². The Morgan fingerprint density at radius 3 is 2.47 bits per heavy atom. The van der Waals surface area contributed by atoms with Crippen LogP contribution < -0.4 is 9.47 Å². The van der Waals surface area contributed by atoms with Crippen LogP contribution in [0.5, 0.6) is 11.5 Å². The quantitative estimate of drug-likeness (QED) is 0.720. The molecule has 6 nitrogen and oxygen atoms in total. The zero-order valence-electron chi connectivity index (χ0n) is 15.4. The van der Waals surface area contributed by atoms with Gasteiger partial charge in [-0.1, -0.05) is 23.2 Å². The minimum atomic E-state index is -5.15. The van der Waals surface area contributed by atoms with Crippen molar-refractivity contribution in [2.45, 2.75) is 18.3 Å². The molecule has 1 heterocycles. The fourth-order valence-corrected chi connectivity index (χ4v) is 3.23. The molecule has 2 aromatic carbocycles. The highest BCUT2D eigenvalue weighted by Gasteiger charge is 2.63. The van der Waals surface area contributed by atoms with Crippen molar-refractivity contribution in [2.24, 2.45) is 5.10 Å². The largest absolute Gasteiger partial charge is 0.497 e. The van der Waals surface area contributed by atoms with E-state index in [1.807, 2.05) is 0 Å². The summed E-state index contributed by atoms with van der Waals surface area (Å²) in [5.74, 6) is -0.669. The van der Waals surface area contributed by atoms with Crippen molar-refractivity contribution in [3.63, 3.8) is 0 Å². The first kappa shape index (κ1) is 22.2. The number of carbonyl (C=O) groups is 1. The van der Waals surface area contributed by atoms with Crippen molar-refractivity contribution in [1.29, 1.82) is 0 Å². The van der Waals surface area contributed by atoms with Gasteiger partial charge >= 0.3 is 6.18 Å². The summed E-state index contributed by atoms with van der Waals surface area (Å²) in [6.45, 7) is -0.834. The summed E-state index contributed by atoms with van der Waals surface area (Å²) < 4.78 is 51.1. The number of aliphatic hydroxyl groups is 1. The molecule has 0 unspecified atom stereocenters. The van der Waals surface area contributed by atoms with E-state index in [4.69, 9.17) is 32.7 Å². The topological polar surface area (TPSA) is 71.4 Å². The molecule has 11 heteroatoms. The van der Waals surface area contributed by atoms with Crippen LogP contribution >= 0.6 is 23.2 Å². The number of hydrogen-bond donors (Lipinski definition) is 1. The van der Waals surface area contributed by atoms with Crippen molar-refractivity contribution in [1.82, 2.24) is 5.01 Å². The van der Waals surface area contributed by atoms with Gasteiger partial charge in [0.2, 0.25) is 0 Å². The Morgan fingerprint density at radius 2 is 1.90 bits per heavy atom. The Bertz CT molecular complexity index is 983. The first-order valence-corrected chi connectivity index (χ1v) is 9.22. The highest BCUT2D eigenvalue weighted by atomic mass is 35.5. The van der Waals surface area contributed by atoms with Crippen LogP contribution in [0, 0.1) is 0 Å². The molecule has 1 atom stereocenters. The number of benzene rings is 2. The molecule has 1 N–H and O–H groups in total. The number of halogens is 5. The van der Waals surface area contributed by atoms with Crippen molar-refractivity contribution < 1.29 is 32.5 Å². The zero-order valence-corrected chi connectivity index (χ0v) is 16.9. The zero-order chi connectivity index (χ0) is 22.1. The van der Waals surface area contributed by atoms with Gasteiger partial charge < -0.3 is 14.6 Å². The smallest absolute Gasteiger partial charge is 0.438 e. The SMILES string of the molecule is COc1ccc(C2=NN(C(=O)COc3ccc(Cl)cc3Cl)[C@@](O)(C(F)(F)F)C2)cc1. The van der Waals surface area contributed by atoms with Crippen LogP contribution in [0.4, 0.5) is 13.2 Å². The predicted octanol–water partition coefficient (Wildman–Crippen LogP) is 4.27. The van der Waals surface area contributed by atoms with E-state index in [1.165, 1.54) is 49.6 Å². The van der Waals surface area contributed by atoms with Gasteiger partial charge in [-0.3, -0.25) is 4.79 Å². The molecule has 160 valence electrons. The maximum atomic E-state index is 13.6. The summed E-state index contributed by atoms with van der Waals surface area (Å²) in [5.41, 5.74) is -3.32. The van der Waals surface area contributed by atoms with Gasteiger partial charge in [0.05, 0.1) is 24.3 Å². The van der Waals surface area contributed by atoms with E-state index >= 15 is 0 Å². The maximum Gasteiger partial charge on any atom is 0.438 e. The Balaban J connectivity index is 1.85. The summed E-state index contributed by atoms with van der Waals surface area (Å²) in [5, 5.41) is 14.4. The Kier molecular flexibility index (Phi) is 6.16. The lowest BCUT2D eigenvalue weighted by molar-refractivity contribution is -0.302. The van der Waals surface area contributed by atoms with Gasteiger partial charge in [0.25, 0.3) is 11.6 Å². The molecular weight excluding hydrogens is 448 g/mol. The normalized spacial score (nSPS) is 18.9. The minimum absolute atomic E-state index is 0.00358. The van der Waals surface area contributed by atoms with Gasteiger partial charge in [-0.15, -0.1) is 0 Å². The average molecular weight is 463 g/mol. The Morgan fingerprint density at radius 1 is 1.23 bits per heavy atom. The molecule has 0 aliphatic carbocycles. The van der Waals surface area contributed by atoms with Gasteiger partial charge in [0.1, 0.15) is 11.5 Å². The van der Waals surface area contributed by atoms with Crippen molar-refractivity contribution in [3.8, 4) is 11.5 Å². The number of alkyl halides is 3. The van der Waals surface area contributed by atoms with Crippen LogP contribution in [0.3, 0.4) is 0 Å². The molecule has 0 radical (unpaired) electrons. The number of rotatable bonds is 5. The first-order chi connectivity index (χ1) is 14.0.